The number of thioether (sulfide) groups is 1. The highest BCUT2D eigenvalue weighted by Gasteiger charge is 2.29. The van der Waals surface area contributed by atoms with Crippen LogP contribution in [0.5, 0.6) is 0 Å². The maximum absolute atomic E-state index is 13.2. The summed E-state index contributed by atoms with van der Waals surface area (Å²) < 4.78 is 1.96. The third kappa shape index (κ3) is 3.84. The maximum Gasteiger partial charge on any atom is 0.266 e. The van der Waals surface area contributed by atoms with E-state index in [1.54, 1.807) is 0 Å². The Morgan fingerprint density at radius 1 is 1.38 bits per heavy atom. The minimum absolute atomic E-state index is 0.137. The smallest absolute Gasteiger partial charge is 0.266 e. The summed E-state index contributed by atoms with van der Waals surface area (Å²) in [4.78, 5) is 22.8. The van der Waals surface area contributed by atoms with E-state index in [1.807, 2.05) is 47.8 Å². The zero-order valence-electron chi connectivity index (χ0n) is 14.4. The molecule has 1 aliphatic rings. The molecule has 1 aliphatic heterocycles. The van der Waals surface area contributed by atoms with Crippen LogP contribution in [0.3, 0.4) is 0 Å². The molecule has 1 saturated heterocycles. The minimum atomic E-state index is 0.137. The number of aryl methyl sites for hydroxylation is 1. The van der Waals surface area contributed by atoms with Gasteiger partial charge >= 0.3 is 0 Å². The molecule has 0 radical (unpaired) electrons. The van der Waals surface area contributed by atoms with Crippen molar-refractivity contribution in [1.29, 1.82) is 0 Å². The molecule has 0 saturated carbocycles. The minimum Gasteiger partial charge on any atom is -0.333 e. The van der Waals surface area contributed by atoms with Crippen molar-refractivity contribution in [2.24, 2.45) is 0 Å². The van der Waals surface area contributed by atoms with Crippen molar-refractivity contribution in [3.8, 4) is 5.13 Å². The highest BCUT2D eigenvalue weighted by molar-refractivity contribution is 7.99. The molecular weight excluding hydrogens is 340 g/mol. The van der Waals surface area contributed by atoms with Gasteiger partial charge in [0.15, 0.2) is 5.13 Å². The Kier molecular flexibility index (Phi) is 5.63. The number of carbonyl (C=O) groups is 1. The molecule has 7 heteroatoms. The number of likely N-dealkylation sites (N-methyl/N-ethyl adjacent to an activating group) is 1. The lowest BCUT2D eigenvalue weighted by Gasteiger charge is -2.31. The highest BCUT2D eigenvalue weighted by Crippen LogP contribution is 2.26. The predicted octanol–water partition coefficient (Wildman–Crippen LogP) is 2.75. The fourth-order valence-corrected chi connectivity index (χ4v) is 5.00. The lowest BCUT2D eigenvalue weighted by Crippen LogP contribution is -2.46. The van der Waals surface area contributed by atoms with Gasteiger partial charge in [-0.05, 0) is 45.3 Å². The summed E-state index contributed by atoms with van der Waals surface area (Å²) in [6.45, 7) is 3.67. The molecule has 1 fully saturated rings. The molecule has 0 bridgehead atoms. The van der Waals surface area contributed by atoms with Crippen LogP contribution in [0.4, 0.5) is 0 Å². The molecule has 0 aliphatic carbocycles. The second-order valence-electron chi connectivity index (χ2n) is 6.34. The van der Waals surface area contributed by atoms with E-state index in [4.69, 9.17) is 0 Å². The molecule has 24 heavy (non-hydrogen) atoms. The van der Waals surface area contributed by atoms with E-state index in [0.29, 0.717) is 0 Å². The Hall–Kier alpha value is -1.31. The number of rotatable bonds is 4. The molecule has 1 atom stereocenters. The fraction of sp³-hybridized carbons (Fsp3) is 0.529. The summed E-state index contributed by atoms with van der Waals surface area (Å²) in [5, 5.41) is 0.856. The van der Waals surface area contributed by atoms with Crippen LogP contribution in [0.25, 0.3) is 5.13 Å². The summed E-state index contributed by atoms with van der Waals surface area (Å²) in [6, 6.07) is 4.20. The summed E-state index contributed by atoms with van der Waals surface area (Å²) in [6.07, 6.45) is 4.98. The van der Waals surface area contributed by atoms with Gasteiger partial charge in [0, 0.05) is 31.2 Å². The van der Waals surface area contributed by atoms with Gasteiger partial charge in [-0.25, -0.2) is 4.98 Å². The fourth-order valence-electron chi connectivity index (χ4n) is 2.95. The maximum atomic E-state index is 13.2. The second-order valence-corrected chi connectivity index (χ2v) is 8.47. The molecule has 130 valence electrons. The average Bonchev–Trinajstić information content (AvgIpc) is 3.13. The van der Waals surface area contributed by atoms with Gasteiger partial charge in [0.1, 0.15) is 4.88 Å². The average molecular weight is 365 g/mol. The van der Waals surface area contributed by atoms with E-state index in [0.717, 1.165) is 46.7 Å². The van der Waals surface area contributed by atoms with Crippen LogP contribution < -0.4 is 0 Å². The molecule has 5 nitrogen and oxygen atoms in total. The molecule has 0 aromatic carbocycles. The predicted molar refractivity (Wildman–Crippen MR) is 101 cm³/mol. The Morgan fingerprint density at radius 2 is 2.12 bits per heavy atom. The van der Waals surface area contributed by atoms with Gasteiger partial charge in [0.05, 0.1) is 11.7 Å². The third-order valence-corrected chi connectivity index (χ3v) is 6.44. The quantitative estimate of drug-likeness (QED) is 0.837. The third-order valence-electron chi connectivity index (χ3n) is 4.08. The number of thiazole rings is 1. The van der Waals surface area contributed by atoms with Crippen LogP contribution in [-0.4, -0.2) is 70.0 Å². The molecule has 1 unspecified atom stereocenters. The van der Waals surface area contributed by atoms with Gasteiger partial charge < -0.3 is 14.4 Å². The molecular formula is C17H24N4OS2. The van der Waals surface area contributed by atoms with Gasteiger partial charge in [-0.2, -0.15) is 11.8 Å². The van der Waals surface area contributed by atoms with Crippen LogP contribution >= 0.6 is 23.1 Å². The molecule has 2 aromatic rings. The SMILES string of the molecule is Cc1nc(-n2cccc2)sc1C(=O)N1CCCSCC1CN(C)C. The Bertz CT molecular complexity index is 681. The zero-order chi connectivity index (χ0) is 17.1. The normalized spacial score (nSPS) is 18.8. The number of hydrogen-bond acceptors (Lipinski definition) is 5. The number of aromatic nitrogens is 2. The number of nitrogens with zero attached hydrogens (tertiary/aromatic N) is 4. The summed E-state index contributed by atoms with van der Waals surface area (Å²) in [5.41, 5.74) is 0.828. The van der Waals surface area contributed by atoms with Crippen LogP contribution in [0.1, 0.15) is 21.8 Å². The van der Waals surface area contributed by atoms with Gasteiger partial charge in [0.2, 0.25) is 0 Å². The Labute approximate surface area is 151 Å². The standard InChI is InChI=1S/C17H24N4OS2/c1-13-15(24-17(18-13)20-7-4-5-8-20)16(22)21-9-6-10-23-12-14(21)11-19(2)3/h4-5,7-8,14H,6,9-12H2,1-3H3. The molecule has 0 spiro atoms. The highest BCUT2D eigenvalue weighted by atomic mass is 32.2. The first-order valence-corrected chi connectivity index (χ1v) is 10.2. The van der Waals surface area contributed by atoms with Crippen LogP contribution in [0.15, 0.2) is 24.5 Å². The van der Waals surface area contributed by atoms with Crippen molar-refractivity contribution < 1.29 is 4.79 Å². The van der Waals surface area contributed by atoms with Crippen LogP contribution in [-0.2, 0) is 0 Å². The molecule has 3 rings (SSSR count). The van der Waals surface area contributed by atoms with E-state index >= 15 is 0 Å². The van der Waals surface area contributed by atoms with Gasteiger partial charge in [0.25, 0.3) is 5.91 Å². The van der Waals surface area contributed by atoms with Crippen molar-refractivity contribution in [2.75, 3.05) is 38.7 Å². The lowest BCUT2D eigenvalue weighted by molar-refractivity contribution is 0.0679. The van der Waals surface area contributed by atoms with E-state index in [2.05, 4.69) is 28.9 Å². The first-order chi connectivity index (χ1) is 11.6. The van der Waals surface area contributed by atoms with Crippen molar-refractivity contribution in [3.63, 3.8) is 0 Å². The lowest BCUT2D eigenvalue weighted by atomic mass is 10.2. The number of amides is 1. The van der Waals surface area contributed by atoms with Crippen LogP contribution in [0.2, 0.25) is 0 Å². The second kappa shape index (κ2) is 7.72. The molecule has 2 aromatic heterocycles. The van der Waals surface area contributed by atoms with Crippen molar-refractivity contribution >= 4 is 29.0 Å². The molecule has 3 heterocycles. The van der Waals surface area contributed by atoms with E-state index in [-0.39, 0.29) is 11.9 Å². The molecule has 0 N–H and O–H groups in total. The summed E-state index contributed by atoms with van der Waals surface area (Å²) in [5.74, 6) is 2.27. The Balaban J connectivity index is 1.86. The number of carbonyl (C=O) groups excluding carboxylic acids is 1. The van der Waals surface area contributed by atoms with Crippen molar-refractivity contribution in [1.82, 2.24) is 19.4 Å². The topological polar surface area (TPSA) is 41.4 Å². The van der Waals surface area contributed by atoms with Gasteiger partial charge in [-0.15, -0.1) is 0 Å². The Morgan fingerprint density at radius 3 is 2.83 bits per heavy atom. The first kappa shape index (κ1) is 17.5. The van der Waals surface area contributed by atoms with Gasteiger partial charge in [-0.1, -0.05) is 11.3 Å². The first-order valence-electron chi connectivity index (χ1n) is 8.20. The van der Waals surface area contributed by atoms with Crippen molar-refractivity contribution in [3.05, 3.63) is 35.1 Å². The zero-order valence-corrected chi connectivity index (χ0v) is 16.1. The largest absolute Gasteiger partial charge is 0.333 e. The molecule has 1 amide bonds. The van der Waals surface area contributed by atoms with Crippen LogP contribution in [0, 0.1) is 6.92 Å². The van der Waals surface area contributed by atoms with E-state index in [1.165, 1.54) is 11.3 Å². The van der Waals surface area contributed by atoms with Crippen molar-refractivity contribution in [2.45, 2.75) is 19.4 Å². The number of hydrogen-bond donors (Lipinski definition) is 0. The van der Waals surface area contributed by atoms with E-state index < -0.39 is 0 Å². The summed E-state index contributed by atoms with van der Waals surface area (Å²) >= 11 is 3.44. The monoisotopic (exact) mass is 364 g/mol. The van der Waals surface area contributed by atoms with Gasteiger partial charge in [-0.3, -0.25) is 4.79 Å². The summed E-state index contributed by atoms with van der Waals surface area (Å²) in [7, 11) is 4.14. The van der Waals surface area contributed by atoms with E-state index in [9.17, 15) is 4.79 Å².